The van der Waals surface area contributed by atoms with Crippen molar-refractivity contribution in [2.24, 2.45) is 0 Å². The van der Waals surface area contributed by atoms with Gasteiger partial charge >= 0.3 is 0 Å². The van der Waals surface area contributed by atoms with Gasteiger partial charge in [0.05, 0.1) is 34.0 Å². The van der Waals surface area contributed by atoms with Crippen LogP contribution < -0.4 is 4.90 Å². The van der Waals surface area contributed by atoms with E-state index in [1.807, 2.05) is 24.3 Å². The van der Waals surface area contributed by atoms with E-state index < -0.39 is 0 Å². The van der Waals surface area contributed by atoms with Gasteiger partial charge < -0.3 is 14.9 Å². The van der Waals surface area contributed by atoms with Crippen LogP contribution in [0.25, 0.3) is 79.8 Å². The van der Waals surface area contributed by atoms with Crippen LogP contribution in [-0.2, 0) is 0 Å². The maximum Gasteiger partial charge on any atom is 0.0908 e. The Morgan fingerprint density at radius 3 is 1.16 bits per heavy atom. The summed E-state index contributed by atoms with van der Waals surface area (Å²) >= 11 is 0. The fourth-order valence-corrected chi connectivity index (χ4v) is 7.05. The van der Waals surface area contributed by atoms with Crippen LogP contribution in [0.15, 0.2) is 146 Å². The molecule has 0 aliphatic carbocycles. The fraction of sp³-hybridized carbons (Fsp3) is 0.0222. The number of hydrogen-bond donors (Lipinski definition) is 2. The second-order valence-corrected chi connectivity index (χ2v) is 12.5. The molecule has 3 aromatic heterocycles. The Kier molecular flexibility index (Phi) is 7.29. The van der Waals surface area contributed by atoms with Crippen LogP contribution in [0.1, 0.15) is 22.8 Å². The van der Waals surface area contributed by atoms with E-state index >= 15 is 0 Å². The van der Waals surface area contributed by atoms with Crippen molar-refractivity contribution in [1.82, 2.24) is 19.9 Å². The molecule has 0 fully saturated rings. The molecule has 0 atom stereocenters. The van der Waals surface area contributed by atoms with E-state index in [2.05, 4.69) is 168 Å². The summed E-state index contributed by atoms with van der Waals surface area (Å²) in [7, 11) is 2.10. The second-order valence-electron chi connectivity index (χ2n) is 12.5. The lowest BCUT2D eigenvalue weighted by Crippen LogP contribution is -2.11. The minimum atomic E-state index is 0.874. The molecule has 50 heavy (non-hydrogen) atoms. The Morgan fingerprint density at radius 1 is 0.380 bits per heavy atom. The summed E-state index contributed by atoms with van der Waals surface area (Å²) in [6.45, 7) is 0. The lowest BCUT2D eigenvalue weighted by atomic mass is 10.0. The lowest BCUT2D eigenvalue weighted by molar-refractivity contribution is 1.18. The summed E-state index contributed by atoms with van der Waals surface area (Å²) in [6.07, 6.45) is 8.53. The quantitative estimate of drug-likeness (QED) is 0.196. The summed E-state index contributed by atoms with van der Waals surface area (Å²) in [5.74, 6) is 0. The highest BCUT2D eigenvalue weighted by molar-refractivity contribution is 5.99. The fourth-order valence-electron chi connectivity index (χ4n) is 7.05. The summed E-state index contributed by atoms with van der Waals surface area (Å²) in [5.41, 5.74) is 15.9. The smallest absolute Gasteiger partial charge is 0.0908 e. The minimum absolute atomic E-state index is 0.874. The maximum absolute atomic E-state index is 5.38. The van der Waals surface area contributed by atoms with Crippen LogP contribution in [-0.4, -0.2) is 27.0 Å². The van der Waals surface area contributed by atoms with Crippen molar-refractivity contribution < 1.29 is 0 Å². The molecule has 5 heteroatoms. The second kappa shape index (κ2) is 12.4. The number of aromatic amines is 2. The first kappa shape index (κ1) is 29.4. The molecule has 0 spiro atoms. The van der Waals surface area contributed by atoms with Gasteiger partial charge in [-0.1, -0.05) is 109 Å². The van der Waals surface area contributed by atoms with Gasteiger partial charge in [-0.2, -0.15) is 0 Å². The van der Waals surface area contributed by atoms with Crippen LogP contribution in [0.5, 0.6) is 0 Å². The first-order valence-electron chi connectivity index (χ1n) is 16.8. The number of aromatic nitrogens is 4. The van der Waals surface area contributed by atoms with Gasteiger partial charge in [0.25, 0.3) is 0 Å². The molecule has 238 valence electrons. The van der Waals surface area contributed by atoms with E-state index in [4.69, 9.17) is 9.97 Å². The molecule has 8 bridgehead atoms. The number of anilines is 2. The zero-order valence-corrected chi connectivity index (χ0v) is 27.5. The van der Waals surface area contributed by atoms with Gasteiger partial charge in [-0.15, -0.1) is 0 Å². The first-order valence-corrected chi connectivity index (χ1v) is 16.8. The van der Waals surface area contributed by atoms with Crippen molar-refractivity contribution in [3.63, 3.8) is 0 Å². The van der Waals surface area contributed by atoms with E-state index in [0.29, 0.717) is 0 Å². The topological polar surface area (TPSA) is 60.6 Å². The summed E-state index contributed by atoms with van der Waals surface area (Å²) in [6, 6.07) is 50.6. The van der Waals surface area contributed by atoms with Crippen LogP contribution in [0, 0.1) is 0 Å². The van der Waals surface area contributed by atoms with Gasteiger partial charge in [-0.25, -0.2) is 9.97 Å². The predicted molar refractivity (Wildman–Crippen MR) is 210 cm³/mol. The number of fused-ring (bicyclic) bond motifs is 8. The van der Waals surface area contributed by atoms with Crippen molar-refractivity contribution in [2.75, 3.05) is 11.9 Å². The van der Waals surface area contributed by atoms with E-state index in [-0.39, 0.29) is 0 Å². The molecular weight excluding hydrogens is 611 g/mol. The molecule has 0 radical (unpaired) electrons. The van der Waals surface area contributed by atoms with Crippen molar-refractivity contribution in [3.8, 4) is 33.4 Å². The number of nitrogens with zero attached hydrogens (tertiary/aromatic N) is 3. The SMILES string of the molecule is CN(c1ccccc1)c1c2nc(c(-c3ccccc3)c3ccc([nH]3)c(-c3ccccc3)c3nc(c(-c4ccccc4)c4ccc1[nH]4)C=C3)C=C2. The maximum atomic E-state index is 5.38. The molecule has 0 unspecified atom stereocenters. The van der Waals surface area contributed by atoms with Crippen molar-refractivity contribution >= 4 is 57.7 Å². The first-order chi connectivity index (χ1) is 24.7. The van der Waals surface area contributed by atoms with Gasteiger partial charge in [-0.3, -0.25) is 0 Å². The standard InChI is InChI=1S/C45H33N5/c1-50(33-20-12-5-13-21-33)45-40-28-26-38(48-40)43(31-16-8-3-9-17-31)36-24-22-34(46-36)42(30-14-6-2-7-15-30)35-23-25-37(47-35)44(32-18-10-4-11-19-32)39-27-29-41(45)49-39/h2-29,46,49H,1H3. The lowest BCUT2D eigenvalue weighted by Gasteiger charge is -2.20. The number of hydrogen-bond acceptors (Lipinski definition) is 3. The third kappa shape index (κ3) is 5.22. The van der Waals surface area contributed by atoms with E-state index in [1.165, 1.54) is 0 Å². The average Bonchev–Trinajstić information content (AvgIpc) is 4.01. The van der Waals surface area contributed by atoms with Crippen LogP contribution >= 0.6 is 0 Å². The monoisotopic (exact) mass is 643 g/mol. The summed E-state index contributed by atoms with van der Waals surface area (Å²) < 4.78 is 0. The summed E-state index contributed by atoms with van der Waals surface area (Å²) in [5, 5.41) is 0. The Hall–Kier alpha value is -6.72. The Labute approximate surface area is 290 Å². The van der Waals surface area contributed by atoms with Crippen LogP contribution in [0.2, 0.25) is 0 Å². The van der Waals surface area contributed by atoms with Gasteiger partial charge in [-0.05, 0) is 77.4 Å². The summed E-state index contributed by atoms with van der Waals surface area (Å²) in [4.78, 5) is 20.6. The van der Waals surface area contributed by atoms with Gasteiger partial charge in [0.15, 0.2) is 0 Å². The molecule has 7 aromatic rings. The molecule has 0 amide bonds. The highest BCUT2D eigenvalue weighted by Gasteiger charge is 2.19. The molecule has 2 N–H and O–H groups in total. The molecule has 5 heterocycles. The van der Waals surface area contributed by atoms with Crippen molar-refractivity contribution in [3.05, 3.63) is 168 Å². The largest absolute Gasteiger partial charge is 0.354 e. The predicted octanol–water partition coefficient (Wildman–Crippen LogP) is 11.4. The number of benzene rings is 4. The normalized spacial score (nSPS) is 11.9. The van der Waals surface area contributed by atoms with E-state index in [1.54, 1.807) is 0 Å². The molecule has 5 nitrogen and oxygen atoms in total. The highest BCUT2D eigenvalue weighted by Crippen LogP contribution is 2.39. The third-order valence-electron chi connectivity index (χ3n) is 9.39. The van der Waals surface area contributed by atoms with Gasteiger partial charge in [0.2, 0.25) is 0 Å². The zero-order valence-electron chi connectivity index (χ0n) is 27.5. The average molecular weight is 644 g/mol. The van der Waals surface area contributed by atoms with Crippen LogP contribution in [0.4, 0.5) is 11.4 Å². The molecular formula is C45H33N5. The van der Waals surface area contributed by atoms with E-state index in [9.17, 15) is 0 Å². The van der Waals surface area contributed by atoms with E-state index in [0.717, 1.165) is 89.6 Å². The molecule has 0 saturated heterocycles. The Balaban J connectivity index is 1.46. The molecule has 9 rings (SSSR count). The Bertz CT molecular complexity index is 2540. The Morgan fingerprint density at radius 2 is 0.720 bits per heavy atom. The van der Waals surface area contributed by atoms with Gasteiger partial charge in [0.1, 0.15) is 0 Å². The number of para-hydroxylation sites is 1. The van der Waals surface area contributed by atoms with Gasteiger partial charge in [0, 0.05) is 46.0 Å². The number of H-pyrrole nitrogens is 2. The third-order valence-corrected chi connectivity index (χ3v) is 9.39. The minimum Gasteiger partial charge on any atom is -0.354 e. The van der Waals surface area contributed by atoms with Crippen molar-refractivity contribution in [1.29, 1.82) is 0 Å². The number of nitrogens with one attached hydrogen (secondary N) is 2. The molecule has 2 aliphatic heterocycles. The zero-order chi connectivity index (χ0) is 33.4. The molecule has 4 aromatic carbocycles. The molecule has 0 saturated carbocycles. The highest BCUT2D eigenvalue weighted by atomic mass is 15.1. The van der Waals surface area contributed by atoms with Crippen LogP contribution in [0.3, 0.4) is 0 Å². The number of rotatable bonds is 5. The van der Waals surface area contributed by atoms with Crippen molar-refractivity contribution in [2.45, 2.75) is 0 Å². The molecule has 2 aliphatic rings.